The van der Waals surface area contributed by atoms with Crippen LogP contribution in [-0.4, -0.2) is 53.2 Å². The molecule has 1 aromatic rings. The zero-order chi connectivity index (χ0) is 16.5. The van der Waals surface area contributed by atoms with Crippen LogP contribution in [0.3, 0.4) is 0 Å². The van der Waals surface area contributed by atoms with E-state index < -0.39 is 0 Å². The summed E-state index contributed by atoms with van der Waals surface area (Å²) in [6, 6.07) is 4.22. The Morgan fingerprint density at radius 3 is 2.46 bits per heavy atom. The van der Waals surface area contributed by atoms with Gasteiger partial charge in [0.15, 0.2) is 5.82 Å². The van der Waals surface area contributed by atoms with E-state index in [0.717, 1.165) is 44.8 Å². The van der Waals surface area contributed by atoms with Crippen LogP contribution in [0.5, 0.6) is 0 Å². The summed E-state index contributed by atoms with van der Waals surface area (Å²) in [6.45, 7) is 3.24. The molecule has 3 aliphatic rings. The van der Waals surface area contributed by atoms with Gasteiger partial charge in [-0.25, -0.2) is 0 Å². The molecule has 1 saturated heterocycles. The first-order chi connectivity index (χ1) is 11.7. The molecule has 130 valence electrons. The van der Waals surface area contributed by atoms with E-state index in [1.807, 2.05) is 12.1 Å². The second-order valence-corrected chi connectivity index (χ2v) is 7.59. The van der Waals surface area contributed by atoms with Gasteiger partial charge in [0, 0.05) is 44.3 Å². The van der Waals surface area contributed by atoms with E-state index in [-0.39, 0.29) is 5.92 Å². The van der Waals surface area contributed by atoms with Gasteiger partial charge in [0.05, 0.1) is 0 Å². The number of anilines is 1. The van der Waals surface area contributed by atoms with Crippen molar-refractivity contribution in [3.63, 3.8) is 0 Å². The Hall–Kier alpha value is -1.69. The van der Waals surface area contributed by atoms with Crippen LogP contribution in [0.1, 0.15) is 32.1 Å². The minimum Gasteiger partial charge on any atom is -0.352 e. The lowest BCUT2D eigenvalue weighted by molar-refractivity contribution is -0.138. The minimum atomic E-state index is 0.197. The van der Waals surface area contributed by atoms with Gasteiger partial charge in [0.2, 0.25) is 5.91 Å². The van der Waals surface area contributed by atoms with Crippen LogP contribution in [0.2, 0.25) is 0 Å². The summed E-state index contributed by atoms with van der Waals surface area (Å²) < 4.78 is 0. The number of nitrogens with two attached hydrogens (primary N) is 1. The van der Waals surface area contributed by atoms with Crippen molar-refractivity contribution in [2.45, 2.75) is 38.1 Å². The monoisotopic (exact) mass is 329 g/mol. The van der Waals surface area contributed by atoms with E-state index in [1.165, 1.54) is 19.3 Å². The van der Waals surface area contributed by atoms with Gasteiger partial charge in [-0.1, -0.05) is 6.42 Å². The average molecular weight is 329 g/mol. The molecule has 4 rings (SSSR count). The fraction of sp³-hybridized carbons (Fsp3) is 0.722. The van der Waals surface area contributed by atoms with E-state index in [4.69, 9.17) is 5.73 Å². The molecule has 6 nitrogen and oxygen atoms in total. The van der Waals surface area contributed by atoms with Crippen LogP contribution in [0, 0.1) is 17.8 Å². The van der Waals surface area contributed by atoms with Crippen LogP contribution in [-0.2, 0) is 4.79 Å². The summed E-state index contributed by atoms with van der Waals surface area (Å²) in [5.41, 5.74) is 6.36. The molecule has 1 amide bonds. The third-order valence-corrected chi connectivity index (χ3v) is 6.24. The SMILES string of the molecule is NC1C2CCCC1CC(C(=O)N1CCN(c3cccnn3)CC1)C2. The van der Waals surface area contributed by atoms with Gasteiger partial charge in [0.25, 0.3) is 0 Å². The molecule has 2 saturated carbocycles. The summed E-state index contributed by atoms with van der Waals surface area (Å²) >= 11 is 0. The lowest BCUT2D eigenvalue weighted by Gasteiger charge is -2.45. The summed E-state index contributed by atoms with van der Waals surface area (Å²) in [7, 11) is 0. The fourth-order valence-electron chi connectivity index (χ4n) is 4.87. The standard InChI is InChI=1S/C18H27N5O/c19-17-13-3-1-4-14(17)12-15(11-13)18(24)23-9-7-22(8-10-23)16-5-2-6-20-21-16/h2,5-6,13-15,17H,1,3-4,7-12,19H2. The summed E-state index contributed by atoms with van der Waals surface area (Å²) in [6.07, 6.45) is 7.40. The van der Waals surface area contributed by atoms with Gasteiger partial charge < -0.3 is 15.5 Å². The lowest BCUT2D eigenvalue weighted by Crippen LogP contribution is -2.53. The zero-order valence-electron chi connectivity index (χ0n) is 14.2. The van der Waals surface area contributed by atoms with Crippen LogP contribution < -0.4 is 10.6 Å². The number of piperazine rings is 1. The Bertz CT molecular complexity index is 558. The smallest absolute Gasteiger partial charge is 0.225 e. The molecule has 2 atom stereocenters. The fourth-order valence-corrected chi connectivity index (χ4v) is 4.87. The highest BCUT2D eigenvalue weighted by Crippen LogP contribution is 2.42. The summed E-state index contributed by atoms with van der Waals surface area (Å²) in [5.74, 6) is 2.59. The highest BCUT2D eigenvalue weighted by atomic mass is 16.2. The molecule has 24 heavy (non-hydrogen) atoms. The molecule has 0 radical (unpaired) electrons. The van der Waals surface area contributed by atoms with Gasteiger partial charge in [-0.2, -0.15) is 5.10 Å². The number of hydrogen-bond acceptors (Lipinski definition) is 5. The summed E-state index contributed by atoms with van der Waals surface area (Å²) in [4.78, 5) is 17.2. The van der Waals surface area contributed by atoms with Gasteiger partial charge in [-0.3, -0.25) is 4.79 Å². The molecule has 2 heterocycles. The molecule has 2 aliphatic carbocycles. The molecular formula is C18H27N5O. The van der Waals surface area contributed by atoms with E-state index in [9.17, 15) is 4.79 Å². The maximum Gasteiger partial charge on any atom is 0.225 e. The molecule has 0 spiro atoms. The Balaban J connectivity index is 1.35. The van der Waals surface area contributed by atoms with Crippen molar-refractivity contribution >= 4 is 11.7 Å². The van der Waals surface area contributed by atoms with Crippen molar-refractivity contribution in [1.29, 1.82) is 0 Å². The predicted molar refractivity (Wildman–Crippen MR) is 92.4 cm³/mol. The van der Waals surface area contributed by atoms with Crippen molar-refractivity contribution < 1.29 is 4.79 Å². The van der Waals surface area contributed by atoms with Gasteiger partial charge in [-0.15, -0.1) is 5.10 Å². The molecule has 3 fully saturated rings. The number of nitrogens with zero attached hydrogens (tertiary/aromatic N) is 4. The Morgan fingerprint density at radius 1 is 1.12 bits per heavy atom. The van der Waals surface area contributed by atoms with Gasteiger partial charge in [-0.05, 0) is 49.7 Å². The average Bonchev–Trinajstić information content (AvgIpc) is 2.62. The van der Waals surface area contributed by atoms with E-state index in [0.29, 0.717) is 23.8 Å². The number of rotatable bonds is 2. The quantitative estimate of drug-likeness (QED) is 0.884. The highest BCUT2D eigenvalue weighted by Gasteiger charge is 2.41. The Labute approximate surface area is 143 Å². The predicted octanol–water partition coefficient (Wildman–Crippen LogP) is 1.28. The molecular weight excluding hydrogens is 302 g/mol. The first-order valence-electron chi connectivity index (χ1n) is 9.29. The second-order valence-electron chi connectivity index (χ2n) is 7.59. The Morgan fingerprint density at radius 2 is 1.83 bits per heavy atom. The van der Waals surface area contributed by atoms with Crippen molar-refractivity contribution in [1.82, 2.24) is 15.1 Å². The molecule has 0 aromatic carbocycles. The second kappa shape index (κ2) is 6.67. The van der Waals surface area contributed by atoms with Crippen LogP contribution >= 0.6 is 0 Å². The Kier molecular flexibility index (Phi) is 4.39. The largest absolute Gasteiger partial charge is 0.352 e. The number of fused-ring (bicyclic) bond motifs is 2. The number of carbonyl (C=O) groups is 1. The van der Waals surface area contributed by atoms with E-state index >= 15 is 0 Å². The highest BCUT2D eigenvalue weighted by molar-refractivity contribution is 5.79. The number of aromatic nitrogens is 2. The minimum absolute atomic E-state index is 0.197. The topological polar surface area (TPSA) is 75.4 Å². The maximum atomic E-state index is 13.0. The van der Waals surface area contributed by atoms with Crippen molar-refractivity contribution in [3.8, 4) is 0 Å². The van der Waals surface area contributed by atoms with Crippen molar-refractivity contribution in [2.24, 2.45) is 23.5 Å². The molecule has 2 bridgehead atoms. The molecule has 1 aromatic heterocycles. The number of hydrogen-bond donors (Lipinski definition) is 1. The van der Waals surface area contributed by atoms with Crippen molar-refractivity contribution in [3.05, 3.63) is 18.3 Å². The van der Waals surface area contributed by atoms with Gasteiger partial charge in [0.1, 0.15) is 0 Å². The molecule has 6 heteroatoms. The first-order valence-corrected chi connectivity index (χ1v) is 9.29. The van der Waals surface area contributed by atoms with Crippen molar-refractivity contribution in [2.75, 3.05) is 31.1 Å². The van der Waals surface area contributed by atoms with Crippen LogP contribution in [0.25, 0.3) is 0 Å². The van der Waals surface area contributed by atoms with Gasteiger partial charge >= 0.3 is 0 Å². The number of carbonyl (C=O) groups excluding carboxylic acids is 1. The zero-order valence-corrected chi connectivity index (χ0v) is 14.2. The van der Waals surface area contributed by atoms with E-state index in [2.05, 4.69) is 20.0 Å². The third kappa shape index (κ3) is 2.99. The lowest BCUT2D eigenvalue weighted by atomic mass is 9.65. The van der Waals surface area contributed by atoms with Crippen LogP contribution in [0.4, 0.5) is 5.82 Å². The first kappa shape index (κ1) is 15.8. The molecule has 2 unspecified atom stereocenters. The maximum absolute atomic E-state index is 13.0. The normalized spacial score (nSPS) is 33.4. The third-order valence-electron chi connectivity index (χ3n) is 6.24. The van der Waals surface area contributed by atoms with E-state index in [1.54, 1.807) is 6.20 Å². The summed E-state index contributed by atoms with van der Waals surface area (Å²) in [5, 5.41) is 8.11. The molecule has 2 N–H and O–H groups in total. The number of amides is 1. The molecule has 1 aliphatic heterocycles. The van der Waals surface area contributed by atoms with Crippen LogP contribution in [0.15, 0.2) is 18.3 Å².